The molecule has 0 aromatic heterocycles. The second-order valence-electron chi connectivity index (χ2n) is 4.69. The molecular formula is C12H16BrFN2O2. The molecule has 0 atom stereocenters. The number of amides is 1. The lowest BCUT2D eigenvalue weighted by Crippen LogP contribution is -2.47. The van der Waals surface area contributed by atoms with Gasteiger partial charge in [-0.2, -0.15) is 0 Å². The zero-order valence-electron chi connectivity index (χ0n) is 10.5. The van der Waals surface area contributed by atoms with Crippen molar-refractivity contribution >= 4 is 27.5 Å². The molecule has 1 rings (SSSR count). The number of hydrogen-bond donors (Lipinski definition) is 2. The number of likely N-dealkylation sites (N-methyl/N-ethyl adjacent to an activating group) is 1. The molecule has 1 aromatic carbocycles. The Morgan fingerprint density at radius 3 is 2.61 bits per heavy atom. The van der Waals surface area contributed by atoms with Crippen LogP contribution in [0.15, 0.2) is 16.6 Å². The second-order valence-corrected chi connectivity index (χ2v) is 5.54. The van der Waals surface area contributed by atoms with Crippen LogP contribution in [0.2, 0.25) is 0 Å². The van der Waals surface area contributed by atoms with E-state index in [4.69, 9.17) is 5.73 Å². The van der Waals surface area contributed by atoms with E-state index in [0.717, 1.165) is 6.07 Å². The standard InChI is InChI=1S/C12H16BrFN2O2/c1-12(2,6-17)16(3)11(18)7-4-10(15)9(14)5-8(7)13/h4-5,17H,6,15H2,1-3H3. The number of nitrogens with two attached hydrogens (primary N) is 1. The molecule has 0 bridgehead atoms. The molecule has 0 spiro atoms. The van der Waals surface area contributed by atoms with E-state index >= 15 is 0 Å². The summed E-state index contributed by atoms with van der Waals surface area (Å²) < 4.78 is 13.5. The fraction of sp³-hybridized carbons (Fsp3) is 0.417. The Bertz CT molecular complexity index is 477. The Morgan fingerprint density at radius 2 is 2.11 bits per heavy atom. The highest BCUT2D eigenvalue weighted by atomic mass is 79.9. The highest BCUT2D eigenvalue weighted by Gasteiger charge is 2.28. The van der Waals surface area contributed by atoms with Crippen LogP contribution in [0.4, 0.5) is 10.1 Å². The van der Waals surface area contributed by atoms with Gasteiger partial charge < -0.3 is 15.7 Å². The molecule has 0 aliphatic carbocycles. The third kappa shape index (κ3) is 2.81. The normalized spacial score (nSPS) is 11.4. The smallest absolute Gasteiger partial charge is 0.255 e. The summed E-state index contributed by atoms with van der Waals surface area (Å²) in [5.41, 5.74) is 4.92. The molecule has 0 unspecified atom stereocenters. The summed E-state index contributed by atoms with van der Waals surface area (Å²) in [7, 11) is 1.57. The monoisotopic (exact) mass is 318 g/mol. The number of carbonyl (C=O) groups excluding carboxylic acids is 1. The first-order valence-electron chi connectivity index (χ1n) is 5.34. The van der Waals surface area contributed by atoms with Gasteiger partial charge in [-0.15, -0.1) is 0 Å². The minimum atomic E-state index is -0.709. The maximum absolute atomic E-state index is 13.2. The first-order chi connectivity index (χ1) is 8.20. The maximum Gasteiger partial charge on any atom is 0.255 e. The van der Waals surface area contributed by atoms with E-state index in [1.807, 2.05) is 0 Å². The van der Waals surface area contributed by atoms with Gasteiger partial charge in [0.25, 0.3) is 5.91 Å². The summed E-state index contributed by atoms with van der Waals surface area (Å²) in [5, 5.41) is 9.24. The lowest BCUT2D eigenvalue weighted by molar-refractivity contribution is 0.0472. The Kier molecular flexibility index (Phi) is 4.34. The number of nitrogens with zero attached hydrogens (tertiary/aromatic N) is 1. The zero-order chi connectivity index (χ0) is 14.1. The van der Waals surface area contributed by atoms with Gasteiger partial charge >= 0.3 is 0 Å². The van der Waals surface area contributed by atoms with Gasteiger partial charge in [0.1, 0.15) is 5.82 Å². The van der Waals surface area contributed by atoms with E-state index in [2.05, 4.69) is 15.9 Å². The third-order valence-corrected chi connectivity index (χ3v) is 3.57. The van der Waals surface area contributed by atoms with E-state index in [-0.39, 0.29) is 23.8 Å². The van der Waals surface area contributed by atoms with Crippen molar-refractivity contribution in [2.75, 3.05) is 19.4 Å². The van der Waals surface area contributed by atoms with Gasteiger partial charge in [0.15, 0.2) is 0 Å². The van der Waals surface area contributed by atoms with Crippen molar-refractivity contribution in [2.45, 2.75) is 19.4 Å². The van der Waals surface area contributed by atoms with Crippen molar-refractivity contribution in [1.29, 1.82) is 0 Å². The Hall–Kier alpha value is -1.14. The van der Waals surface area contributed by atoms with Crippen LogP contribution in [0.5, 0.6) is 0 Å². The second kappa shape index (κ2) is 5.24. The van der Waals surface area contributed by atoms with Crippen LogP contribution in [0.3, 0.4) is 0 Å². The van der Waals surface area contributed by atoms with Crippen molar-refractivity contribution in [3.05, 3.63) is 28.0 Å². The molecular weight excluding hydrogens is 303 g/mol. The van der Waals surface area contributed by atoms with Crippen LogP contribution >= 0.6 is 15.9 Å². The number of rotatable bonds is 3. The third-order valence-electron chi connectivity index (χ3n) is 2.92. The van der Waals surface area contributed by atoms with Crippen LogP contribution in [0.1, 0.15) is 24.2 Å². The van der Waals surface area contributed by atoms with Gasteiger partial charge in [0, 0.05) is 11.5 Å². The number of halogens is 2. The molecule has 0 saturated heterocycles. The molecule has 6 heteroatoms. The van der Waals surface area contributed by atoms with Crippen molar-refractivity contribution in [1.82, 2.24) is 4.90 Å². The first-order valence-corrected chi connectivity index (χ1v) is 6.13. The number of aliphatic hydroxyl groups excluding tert-OH is 1. The highest BCUT2D eigenvalue weighted by molar-refractivity contribution is 9.10. The Morgan fingerprint density at radius 1 is 1.56 bits per heavy atom. The molecule has 3 N–H and O–H groups in total. The fourth-order valence-electron chi connectivity index (χ4n) is 1.29. The van der Waals surface area contributed by atoms with Crippen molar-refractivity contribution < 1.29 is 14.3 Å². The van der Waals surface area contributed by atoms with Gasteiger partial charge in [-0.3, -0.25) is 4.79 Å². The van der Waals surface area contributed by atoms with Crippen LogP contribution in [-0.4, -0.2) is 35.1 Å². The maximum atomic E-state index is 13.2. The van der Waals surface area contributed by atoms with Crippen molar-refractivity contribution in [3.8, 4) is 0 Å². The predicted octanol–water partition coefficient (Wildman–Crippen LogP) is 2.01. The molecule has 0 fully saturated rings. The van der Waals surface area contributed by atoms with E-state index < -0.39 is 11.4 Å². The topological polar surface area (TPSA) is 66.6 Å². The first kappa shape index (κ1) is 14.9. The van der Waals surface area contributed by atoms with Crippen LogP contribution in [0.25, 0.3) is 0 Å². The Labute approximate surface area is 114 Å². The van der Waals surface area contributed by atoms with E-state index in [1.54, 1.807) is 20.9 Å². The molecule has 1 amide bonds. The van der Waals surface area contributed by atoms with Crippen molar-refractivity contribution in [2.24, 2.45) is 0 Å². The number of nitrogen functional groups attached to an aromatic ring is 1. The van der Waals surface area contributed by atoms with Gasteiger partial charge in [-0.25, -0.2) is 4.39 Å². The number of aliphatic hydroxyl groups is 1. The molecule has 100 valence electrons. The van der Waals surface area contributed by atoms with Crippen LogP contribution < -0.4 is 5.73 Å². The van der Waals surface area contributed by atoms with Crippen LogP contribution in [-0.2, 0) is 0 Å². The predicted molar refractivity (Wildman–Crippen MR) is 71.8 cm³/mol. The summed E-state index contributed by atoms with van der Waals surface area (Å²) in [4.78, 5) is 13.6. The SMILES string of the molecule is CN(C(=O)c1cc(N)c(F)cc1Br)C(C)(C)CO. The quantitative estimate of drug-likeness (QED) is 0.838. The minimum Gasteiger partial charge on any atom is -0.396 e. The van der Waals surface area contributed by atoms with Gasteiger partial charge in [0.05, 0.1) is 23.4 Å². The van der Waals surface area contributed by atoms with E-state index in [1.165, 1.54) is 11.0 Å². The number of hydrogen-bond acceptors (Lipinski definition) is 3. The number of anilines is 1. The summed E-state index contributed by atoms with van der Waals surface area (Å²) in [6, 6.07) is 2.44. The summed E-state index contributed by atoms with van der Waals surface area (Å²) >= 11 is 3.13. The largest absolute Gasteiger partial charge is 0.396 e. The van der Waals surface area contributed by atoms with Gasteiger partial charge in [0.2, 0.25) is 0 Å². The Balaban J connectivity index is 3.16. The van der Waals surface area contributed by atoms with E-state index in [9.17, 15) is 14.3 Å². The highest BCUT2D eigenvalue weighted by Crippen LogP contribution is 2.25. The molecule has 0 heterocycles. The molecule has 0 saturated carbocycles. The molecule has 4 nitrogen and oxygen atoms in total. The fourth-order valence-corrected chi connectivity index (χ4v) is 1.78. The lowest BCUT2D eigenvalue weighted by atomic mass is 10.0. The molecule has 18 heavy (non-hydrogen) atoms. The molecule has 0 aliphatic rings. The summed E-state index contributed by atoms with van der Waals surface area (Å²) in [6.07, 6.45) is 0. The number of benzene rings is 1. The minimum absolute atomic E-state index is 0.0863. The summed E-state index contributed by atoms with van der Waals surface area (Å²) in [5.74, 6) is -0.921. The number of carbonyl (C=O) groups is 1. The molecule has 0 radical (unpaired) electrons. The van der Waals surface area contributed by atoms with Crippen LogP contribution in [0, 0.1) is 5.82 Å². The summed E-state index contributed by atoms with van der Waals surface area (Å²) in [6.45, 7) is 3.28. The van der Waals surface area contributed by atoms with Gasteiger partial charge in [-0.1, -0.05) is 0 Å². The zero-order valence-corrected chi connectivity index (χ0v) is 12.1. The average Bonchev–Trinajstić information content (AvgIpc) is 2.32. The lowest BCUT2D eigenvalue weighted by Gasteiger charge is -2.34. The average molecular weight is 319 g/mol. The molecule has 1 aromatic rings. The van der Waals surface area contributed by atoms with E-state index in [0.29, 0.717) is 4.47 Å². The van der Waals surface area contributed by atoms with Gasteiger partial charge in [-0.05, 0) is 41.9 Å². The molecule has 0 aliphatic heterocycles. The van der Waals surface area contributed by atoms with Crippen molar-refractivity contribution in [3.63, 3.8) is 0 Å².